The number of hydrogen-bond acceptors (Lipinski definition) is 5. The van der Waals surface area contributed by atoms with Crippen LogP contribution in [0.5, 0.6) is 17.2 Å². The molecule has 0 saturated heterocycles. The monoisotopic (exact) mass is 428 g/mol. The third kappa shape index (κ3) is 3.16. The van der Waals surface area contributed by atoms with Gasteiger partial charge in [-0.2, -0.15) is 0 Å². The van der Waals surface area contributed by atoms with Gasteiger partial charge in [-0.3, -0.25) is 0 Å². The third-order valence-corrected chi connectivity index (χ3v) is 6.21. The summed E-state index contributed by atoms with van der Waals surface area (Å²) in [4.78, 5) is 2.36. The molecule has 0 atom stereocenters. The highest BCUT2D eigenvalue weighted by molar-refractivity contribution is 5.98. The van der Waals surface area contributed by atoms with Gasteiger partial charge in [-0.1, -0.05) is 18.2 Å². The largest absolute Gasteiger partial charge is 0.497 e. The van der Waals surface area contributed by atoms with Gasteiger partial charge in [0.05, 0.1) is 32.6 Å². The van der Waals surface area contributed by atoms with Gasteiger partial charge in [-0.25, -0.2) is 0 Å². The molecule has 2 aliphatic rings. The number of nitrogens with zero attached hydrogens (tertiary/aromatic N) is 1. The van der Waals surface area contributed by atoms with Gasteiger partial charge in [-0.05, 0) is 61.4 Å². The molecule has 0 amide bonds. The Kier molecular flexibility index (Phi) is 4.77. The molecule has 0 radical (unpaired) electrons. The Balaban J connectivity index is 1.72. The zero-order valence-electron chi connectivity index (χ0n) is 19.2. The normalized spacial score (nSPS) is 15.5. The summed E-state index contributed by atoms with van der Waals surface area (Å²) in [6.45, 7) is 5.14. The lowest BCUT2D eigenvalue weighted by Crippen LogP contribution is -2.33. The van der Waals surface area contributed by atoms with Crippen molar-refractivity contribution in [2.24, 2.45) is 0 Å². The second-order valence-corrected chi connectivity index (χ2v) is 8.71. The second kappa shape index (κ2) is 7.52. The molecular formula is C27H28N2O3. The molecule has 1 N–H and O–H groups in total. The van der Waals surface area contributed by atoms with Crippen LogP contribution in [0.3, 0.4) is 0 Å². The smallest absolute Gasteiger partial charge is 0.142 e. The Hall–Kier alpha value is -3.60. The van der Waals surface area contributed by atoms with E-state index in [1.54, 1.807) is 21.3 Å². The molecule has 5 nitrogen and oxygen atoms in total. The van der Waals surface area contributed by atoms with Crippen LogP contribution in [-0.2, 0) is 6.54 Å². The summed E-state index contributed by atoms with van der Waals surface area (Å²) in [5.74, 6) is 2.44. The molecule has 0 fully saturated rings. The number of hydrogen-bond donors (Lipinski definition) is 1. The Morgan fingerprint density at radius 3 is 2.34 bits per heavy atom. The zero-order chi connectivity index (χ0) is 22.5. The van der Waals surface area contributed by atoms with Gasteiger partial charge in [0, 0.05) is 35.1 Å². The van der Waals surface area contributed by atoms with Crippen molar-refractivity contribution >= 4 is 17.1 Å². The number of rotatable bonds is 5. The van der Waals surface area contributed by atoms with Crippen LogP contribution in [0.15, 0.2) is 60.7 Å². The third-order valence-electron chi connectivity index (χ3n) is 6.21. The molecule has 0 saturated carbocycles. The van der Waals surface area contributed by atoms with Crippen LogP contribution in [0.2, 0.25) is 0 Å². The Morgan fingerprint density at radius 2 is 1.59 bits per heavy atom. The molecule has 3 aromatic rings. The number of anilines is 2. The molecule has 164 valence electrons. The Labute approximate surface area is 189 Å². The maximum absolute atomic E-state index is 5.74. The van der Waals surface area contributed by atoms with Crippen molar-refractivity contribution in [1.29, 1.82) is 0 Å². The maximum Gasteiger partial charge on any atom is 0.142 e. The van der Waals surface area contributed by atoms with Gasteiger partial charge in [0.2, 0.25) is 0 Å². The average Bonchev–Trinajstić information content (AvgIpc) is 3.17. The lowest BCUT2D eigenvalue weighted by molar-refractivity contribution is 0.395. The van der Waals surface area contributed by atoms with Crippen LogP contribution in [0, 0.1) is 0 Å². The first-order valence-electron chi connectivity index (χ1n) is 10.8. The summed E-state index contributed by atoms with van der Waals surface area (Å²) in [5.41, 5.74) is 7.98. The number of nitrogens with one attached hydrogen (secondary N) is 1. The molecule has 0 spiro atoms. The minimum absolute atomic E-state index is 0.163. The summed E-state index contributed by atoms with van der Waals surface area (Å²) in [5, 5.41) is 3.69. The predicted molar refractivity (Wildman–Crippen MR) is 130 cm³/mol. The molecule has 5 rings (SSSR count). The number of benzene rings is 3. The highest BCUT2D eigenvalue weighted by atomic mass is 16.5. The van der Waals surface area contributed by atoms with Crippen molar-refractivity contribution in [3.8, 4) is 28.4 Å². The number of methoxy groups -OCH3 is 3. The van der Waals surface area contributed by atoms with Crippen LogP contribution >= 0.6 is 0 Å². The van der Waals surface area contributed by atoms with Crippen molar-refractivity contribution in [3.63, 3.8) is 0 Å². The van der Waals surface area contributed by atoms with Crippen molar-refractivity contribution < 1.29 is 14.2 Å². The quantitative estimate of drug-likeness (QED) is 0.544. The summed E-state index contributed by atoms with van der Waals surface area (Å²) < 4.78 is 16.8. The topological polar surface area (TPSA) is 43.0 Å². The molecule has 0 unspecified atom stereocenters. The van der Waals surface area contributed by atoms with E-state index >= 15 is 0 Å². The van der Waals surface area contributed by atoms with E-state index < -0.39 is 0 Å². The fraction of sp³-hybridized carbons (Fsp3) is 0.259. The molecule has 32 heavy (non-hydrogen) atoms. The standard InChI is InChI=1S/C27H28N2O3/c1-27(2)15-23-26-20(16-29(23)22-8-6-7-9-24(22)31-4)18(12-13-21(26)28-27)19-11-10-17(30-3)14-25(19)32-5/h6-15,28H,16H2,1-5H3. The predicted octanol–water partition coefficient (Wildman–Crippen LogP) is 5.94. The van der Waals surface area contributed by atoms with Gasteiger partial charge in [0.1, 0.15) is 17.2 Å². The lowest BCUT2D eigenvalue weighted by atomic mass is 9.89. The van der Waals surface area contributed by atoms with Gasteiger partial charge in [-0.15, -0.1) is 0 Å². The van der Waals surface area contributed by atoms with E-state index in [1.807, 2.05) is 24.3 Å². The molecule has 5 heteroatoms. The Bertz CT molecular complexity index is 1230. The van der Waals surface area contributed by atoms with Crippen molar-refractivity contribution in [1.82, 2.24) is 0 Å². The maximum atomic E-state index is 5.74. The van der Waals surface area contributed by atoms with Crippen LogP contribution < -0.4 is 24.4 Å². The summed E-state index contributed by atoms with van der Waals surface area (Å²) >= 11 is 0. The van der Waals surface area contributed by atoms with Crippen molar-refractivity contribution in [2.45, 2.75) is 25.9 Å². The second-order valence-electron chi connectivity index (χ2n) is 8.71. The first-order chi connectivity index (χ1) is 15.5. The van der Waals surface area contributed by atoms with Crippen molar-refractivity contribution in [3.05, 3.63) is 71.8 Å². The highest BCUT2D eigenvalue weighted by Gasteiger charge is 2.37. The van der Waals surface area contributed by atoms with Gasteiger partial charge in [0.15, 0.2) is 0 Å². The minimum Gasteiger partial charge on any atom is -0.497 e. The fourth-order valence-electron chi connectivity index (χ4n) is 4.80. The molecule has 2 heterocycles. The lowest BCUT2D eigenvalue weighted by Gasteiger charge is -2.33. The molecule has 0 aromatic heterocycles. The molecule has 2 aliphatic heterocycles. The molecule has 3 aromatic carbocycles. The fourth-order valence-corrected chi connectivity index (χ4v) is 4.80. The first-order valence-corrected chi connectivity index (χ1v) is 10.8. The van der Waals surface area contributed by atoms with Crippen LogP contribution in [0.4, 0.5) is 11.4 Å². The molecule has 0 bridgehead atoms. The summed E-state index contributed by atoms with van der Waals surface area (Å²) in [7, 11) is 5.09. The van der Waals surface area contributed by atoms with Crippen molar-refractivity contribution in [2.75, 3.05) is 31.5 Å². The SMILES string of the molecule is COc1ccc(-c2ccc3c4c2CN(c2ccccc2OC)C4=CC(C)(C)N3)c(OC)c1. The zero-order valence-corrected chi connectivity index (χ0v) is 19.2. The molecule has 0 aliphatic carbocycles. The number of ether oxygens (including phenoxy) is 3. The van der Waals surface area contributed by atoms with E-state index in [2.05, 4.69) is 60.5 Å². The van der Waals surface area contributed by atoms with E-state index in [0.717, 1.165) is 46.3 Å². The summed E-state index contributed by atoms with van der Waals surface area (Å²) in [6, 6.07) is 18.6. The molecular weight excluding hydrogens is 400 g/mol. The minimum atomic E-state index is -0.163. The van der Waals surface area contributed by atoms with Crippen LogP contribution in [0.1, 0.15) is 25.0 Å². The van der Waals surface area contributed by atoms with E-state index in [0.29, 0.717) is 0 Å². The first kappa shape index (κ1) is 20.3. The van der Waals surface area contributed by atoms with E-state index in [9.17, 15) is 0 Å². The summed E-state index contributed by atoms with van der Waals surface area (Å²) in [6.07, 6.45) is 2.31. The van der Waals surface area contributed by atoms with Gasteiger partial charge < -0.3 is 24.4 Å². The highest BCUT2D eigenvalue weighted by Crippen LogP contribution is 2.51. The van der Waals surface area contributed by atoms with E-state index in [-0.39, 0.29) is 5.54 Å². The van der Waals surface area contributed by atoms with Gasteiger partial charge >= 0.3 is 0 Å². The van der Waals surface area contributed by atoms with Gasteiger partial charge in [0.25, 0.3) is 0 Å². The van der Waals surface area contributed by atoms with Crippen LogP contribution in [-0.4, -0.2) is 26.9 Å². The Morgan fingerprint density at radius 1 is 0.844 bits per heavy atom. The average molecular weight is 429 g/mol. The van der Waals surface area contributed by atoms with E-state index in [4.69, 9.17) is 14.2 Å². The number of para-hydroxylation sites is 2. The van der Waals surface area contributed by atoms with E-state index in [1.165, 1.54) is 16.8 Å². The van der Waals surface area contributed by atoms with Crippen LogP contribution in [0.25, 0.3) is 16.8 Å².